The molecule has 2 amide bonds. The number of carbonyl (C=O) groups excluding carboxylic acids is 1. The molecule has 1 aliphatic rings. The topological polar surface area (TPSA) is 89.0 Å². The number of hydrogen-bond donors (Lipinski definition) is 0. The van der Waals surface area contributed by atoms with Crippen molar-refractivity contribution in [1.29, 1.82) is 0 Å². The predicted molar refractivity (Wildman–Crippen MR) is 116 cm³/mol. The van der Waals surface area contributed by atoms with Crippen LogP contribution in [-0.4, -0.2) is 33.7 Å². The molecule has 0 spiro atoms. The number of fused-ring (bicyclic) bond motifs is 1. The largest absolute Gasteiger partial charge is 0.493 e. The molecule has 8 nitrogen and oxygen atoms in total. The van der Waals surface area contributed by atoms with Crippen molar-refractivity contribution >= 4 is 39.0 Å². The van der Waals surface area contributed by atoms with Crippen LogP contribution in [0.5, 0.6) is 11.5 Å². The minimum Gasteiger partial charge on any atom is -0.493 e. The first-order chi connectivity index (χ1) is 15.3. The number of benzene rings is 2. The normalized spacial score (nSPS) is 14.8. The van der Waals surface area contributed by atoms with Crippen LogP contribution in [0, 0.1) is 5.82 Å². The third kappa shape index (κ3) is 3.61. The Kier molecular flexibility index (Phi) is 5.66. The monoisotopic (exact) mass is 477 g/mol. The van der Waals surface area contributed by atoms with Gasteiger partial charge in [-0.1, -0.05) is 17.7 Å². The fourth-order valence-electron chi connectivity index (χ4n) is 3.38. The van der Waals surface area contributed by atoms with Gasteiger partial charge in [-0.05, 0) is 30.3 Å². The minimum absolute atomic E-state index is 0.0312. The van der Waals surface area contributed by atoms with E-state index in [1.807, 2.05) is 0 Å². The van der Waals surface area contributed by atoms with Crippen LogP contribution in [0.3, 0.4) is 0 Å². The lowest BCUT2D eigenvalue weighted by Crippen LogP contribution is -2.50. The highest BCUT2D eigenvalue weighted by molar-refractivity contribution is 7.94. The summed E-state index contributed by atoms with van der Waals surface area (Å²) in [5, 5.41) is 0.204. The summed E-state index contributed by atoms with van der Waals surface area (Å²) in [5.41, 5.74) is 0.289. The van der Waals surface area contributed by atoms with Gasteiger partial charge in [-0.3, -0.25) is 9.88 Å². The highest BCUT2D eigenvalue weighted by Gasteiger charge is 2.43. The molecule has 1 aliphatic heterocycles. The molecular weight excluding hydrogens is 461 g/mol. The van der Waals surface area contributed by atoms with E-state index in [-0.39, 0.29) is 39.2 Å². The van der Waals surface area contributed by atoms with Crippen molar-refractivity contribution < 1.29 is 27.1 Å². The number of sulfonamides is 1. The second kappa shape index (κ2) is 8.29. The van der Waals surface area contributed by atoms with Crippen LogP contribution in [0.2, 0.25) is 5.02 Å². The average Bonchev–Trinajstić information content (AvgIpc) is 2.77. The van der Waals surface area contributed by atoms with E-state index in [1.165, 1.54) is 61.7 Å². The summed E-state index contributed by atoms with van der Waals surface area (Å²) >= 11 is 5.82. The Labute approximate surface area is 188 Å². The van der Waals surface area contributed by atoms with Crippen molar-refractivity contribution in [3.8, 4) is 11.5 Å². The van der Waals surface area contributed by atoms with Crippen molar-refractivity contribution in [3.63, 3.8) is 0 Å². The fourth-order valence-corrected chi connectivity index (χ4v) is 5.07. The highest BCUT2D eigenvalue weighted by atomic mass is 35.5. The molecule has 0 atom stereocenters. The number of ether oxygens (including phenoxy) is 2. The first-order valence-electron chi connectivity index (χ1n) is 9.24. The maximum absolute atomic E-state index is 14.5. The number of aromatic nitrogens is 1. The lowest BCUT2D eigenvalue weighted by Gasteiger charge is -2.36. The third-order valence-electron chi connectivity index (χ3n) is 4.92. The quantitative estimate of drug-likeness (QED) is 0.546. The molecular formula is C21H17ClFN3O5S. The number of methoxy groups -OCH3 is 2. The van der Waals surface area contributed by atoms with Gasteiger partial charge in [0.25, 0.3) is 10.0 Å². The first-order valence-corrected chi connectivity index (χ1v) is 11.1. The second-order valence-corrected chi connectivity index (χ2v) is 8.95. The van der Waals surface area contributed by atoms with E-state index in [0.717, 1.165) is 12.3 Å². The molecule has 32 heavy (non-hydrogen) atoms. The average molecular weight is 478 g/mol. The molecule has 0 N–H and O–H groups in total. The molecule has 4 rings (SSSR count). The summed E-state index contributed by atoms with van der Waals surface area (Å²) in [6.45, 7) is -0.224. The van der Waals surface area contributed by atoms with Crippen LogP contribution >= 0.6 is 11.6 Å². The number of rotatable bonds is 5. The SMILES string of the molecule is COc1ccc(N2C(=O)N(Cc3ccc(Cl)cc3F)c3ccncc3S2(=O)=O)cc1OC. The Morgan fingerprint density at radius 3 is 2.50 bits per heavy atom. The summed E-state index contributed by atoms with van der Waals surface area (Å²) in [7, 11) is -1.48. The Hall–Kier alpha value is -3.37. The Morgan fingerprint density at radius 2 is 1.81 bits per heavy atom. The Morgan fingerprint density at radius 1 is 1.06 bits per heavy atom. The van der Waals surface area contributed by atoms with Gasteiger partial charge in [-0.25, -0.2) is 17.6 Å². The van der Waals surface area contributed by atoms with E-state index >= 15 is 0 Å². The summed E-state index contributed by atoms with van der Waals surface area (Å²) < 4.78 is 52.2. The third-order valence-corrected chi connectivity index (χ3v) is 6.87. The zero-order valence-electron chi connectivity index (χ0n) is 17.0. The molecule has 1 aromatic heterocycles. The van der Waals surface area contributed by atoms with Gasteiger partial charge >= 0.3 is 6.03 Å². The van der Waals surface area contributed by atoms with Gasteiger partial charge in [0.2, 0.25) is 0 Å². The summed E-state index contributed by atoms with van der Waals surface area (Å²) in [5.74, 6) is -0.0208. The number of halogens is 2. The molecule has 11 heteroatoms. The van der Waals surface area contributed by atoms with Crippen molar-refractivity contribution in [1.82, 2.24) is 4.98 Å². The number of pyridine rings is 1. The standard InChI is InChI=1S/C21H17ClFN3O5S/c1-30-18-6-5-15(10-19(18)31-2)26-21(27)25(12-13-3-4-14(22)9-16(13)23)17-7-8-24-11-20(17)32(26,28)29/h3-11H,12H2,1-2H3. The van der Waals surface area contributed by atoms with Crippen LogP contribution < -0.4 is 18.7 Å². The van der Waals surface area contributed by atoms with Gasteiger partial charge in [0.15, 0.2) is 11.5 Å². The van der Waals surface area contributed by atoms with Gasteiger partial charge < -0.3 is 9.47 Å². The fraction of sp³-hybridized carbons (Fsp3) is 0.143. The second-order valence-electron chi connectivity index (χ2n) is 6.76. The minimum atomic E-state index is -4.30. The van der Waals surface area contributed by atoms with E-state index in [1.54, 1.807) is 0 Å². The molecule has 3 aromatic rings. The maximum atomic E-state index is 14.5. The molecule has 0 radical (unpaired) electrons. The van der Waals surface area contributed by atoms with Crippen LogP contribution in [0.25, 0.3) is 0 Å². The van der Waals surface area contributed by atoms with Crippen LogP contribution in [0.1, 0.15) is 5.56 Å². The van der Waals surface area contributed by atoms with Crippen molar-refractivity contribution in [2.45, 2.75) is 11.4 Å². The smallest absolute Gasteiger partial charge is 0.343 e. The number of anilines is 2. The number of carbonyl (C=O) groups is 1. The number of hydrogen-bond acceptors (Lipinski definition) is 6. The highest BCUT2D eigenvalue weighted by Crippen LogP contribution is 2.40. The van der Waals surface area contributed by atoms with Gasteiger partial charge in [0.05, 0.1) is 32.1 Å². The van der Waals surface area contributed by atoms with Crippen LogP contribution in [0.15, 0.2) is 59.8 Å². The molecule has 0 aliphatic carbocycles. The summed E-state index contributed by atoms with van der Waals surface area (Å²) in [6.07, 6.45) is 2.51. The van der Waals surface area contributed by atoms with Crippen LogP contribution in [0.4, 0.5) is 20.6 Å². The van der Waals surface area contributed by atoms with E-state index < -0.39 is 21.9 Å². The van der Waals surface area contributed by atoms with Crippen molar-refractivity contribution in [2.75, 3.05) is 23.4 Å². The predicted octanol–water partition coefficient (Wildman–Crippen LogP) is 4.23. The van der Waals surface area contributed by atoms with E-state index in [0.29, 0.717) is 10.1 Å². The van der Waals surface area contributed by atoms with Crippen LogP contribution in [-0.2, 0) is 16.6 Å². The van der Waals surface area contributed by atoms with E-state index in [9.17, 15) is 17.6 Å². The molecule has 166 valence electrons. The summed E-state index contributed by atoms with van der Waals surface area (Å²) in [6, 6.07) is 8.84. The molecule has 2 aromatic carbocycles. The van der Waals surface area contributed by atoms with E-state index in [2.05, 4.69) is 4.98 Å². The lowest BCUT2D eigenvalue weighted by molar-refractivity contribution is 0.253. The van der Waals surface area contributed by atoms with Gasteiger partial charge in [0.1, 0.15) is 10.7 Å². The Bertz CT molecular complexity index is 1320. The molecule has 2 heterocycles. The zero-order chi connectivity index (χ0) is 23.0. The van der Waals surface area contributed by atoms with Gasteiger partial charge in [0, 0.05) is 29.0 Å². The number of amides is 2. The number of nitrogens with zero attached hydrogens (tertiary/aromatic N) is 3. The van der Waals surface area contributed by atoms with Gasteiger partial charge in [-0.2, -0.15) is 4.31 Å². The first kappa shape index (κ1) is 21.8. The lowest BCUT2D eigenvalue weighted by atomic mass is 10.2. The maximum Gasteiger partial charge on any atom is 0.343 e. The van der Waals surface area contributed by atoms with Crippen molar-refractivity contribution in [3.05, 3.63) is 71.3 Å². The molecule has 0 saturated heterocycles. The number of urea groups is 1. The zero-order valence-corrected chi connectivity index (χ0v) is 18.5. The molecule has 0 bridgehead atoms. The Balaban J connectivity index is 1.87. The van der Waals surface area contributed by atoms with E-state index in [4.69, 9.17) is 21.1 Å². The van der Waals surface area contributed by atoms with Gasteiger partial charge in [-0.15, -0.1) is 0 Å². The summed E-state index contributed by atoms with van der Waals surface area (Å²) in [4.78, 5) is 18.3. The molecule has 0 saturated carbocycles. The van der Waals surface area contributed by atoms with Crippen molar-refractivity contribution in [2.24, 2.45) is 0 Å². The molecule has 0 fully saturated rings. The molecule has 0 unspecified atom stereocenters.